The van der Waals surface area contributed by atoms with Gasteiger partial charge in [-0.1, -0.05) is 6.07 Å². The smallest absolute Gasteiger partial charge is 0.274 e. The molecular weight excluding hydrogens is 398 g/mol. The summed E-state index contributed by atoms with van der Waals surface area (Å²) in [6.45, 7) is 4.95. The van der Waals surface area contributed by atoms with Crippen molar-refractivity contribution in [1.29, 1.82) is 0 Å². The number of hydrogen-bond acceptors (Lipinski definition) is 7. The highest BCUT2D eigenvalue weighted by Gasteiger charge is 2.25. The molecule has 5 rings (SSSR count). The molecule has 2 saturated heterocycles. The number of amides is 1. The predicted octanol–water partition coefficient (Wildman–Crippen LogP) is 2.88. The van der Waals surface area contributed by atoms with Crippen molar-refractivity contribution in [2.45, 2.75) is 19.3 Å². The van der Waals surface area contributed by atoms with Crippen LogP contribution in [-0.4, -0.2) is 70.2 Å². The Morgan fingerprint density at radius 3 is 2.37 bits per heavy atom. The fourth-order valence-corrected chi connectivity index (χ4v) is 4.79. The first-order valence-electron chi connectivity index (χ1n) is 10.5. The molecule has 0 aromatic carbocycles. The third-order valence-corrected chi connectivity index (χ3v) is 6.70. The van der Waals surface area contributed by atoms with Gasteiger partial charge in [0.25, 0.3) is 5.91 Å². The highest BCUT2D eigenvalue weighted by molar-refractivity contribution is 7.13. The van der Waals surface area contributed by atoms with Gasteiger partial charge in [-0.2, -0.15) is 5.10 Å². The second kappa shape index (κ2) is 8.43. The Morgan fingerprint density at radius 1 is 0.933 bits per heavy atom. The average Bonchev–Trinajstić information content (AvgIpc) is 3.52. The molecule has 3 aromatic heterocycles. The van der Waals surface area contributed by atoms with Gasteiger partial charge in [-0.15, -0.1) is 11.3 Å². The number of H-pyrrole nitrogens is 1. The molecule has 9 heteroatoms. The molecule has 2 aliphatic heterocycles. The summed E-state index contributed by atoms with van der Waals surface area (Å²) < 4.78 is 0. The van der Waals surface area contributed by atoms with Crippen LogP contribution in [0.3, 0.4) is 0 Å². The monoisotopic (exact) mass is 423 g/mol. The molecule has 0 unspecified atom stereocenters. The lowest BCUT2D eigenvalue weighted by Crippen LogP contribution is -2.49. The van der Waals surface area contributed by atoms with Crippen LogP contribution in [0.1, 0.15) is 29.8 Å². The molecule has 1 N–H and O–H groups in total. The molecule has 2 fully saturated rings. The van der Waals surface area contributed by atoms with Gasteiger partial charge in [-0.25, -0.2) is 9.97 Å². The van der Waals surface area contributed by atoms with Gasteiger partial charge in [-0.05, 0) is 36.8 Å². The van der Waals surface area contributed by atoms with Crippen molar-refractivity contribution < 1.29 is 4.79 Å². The number of piperazine rings is 1. The molecule has 0 spiro atoms. The summed E-state index contributed by atoms with van der Waals surface area (Å²) in [5.74, 6) is 1.93. The van der Waals surface area contributed by atoms with E-state index >= 15 is 0 Å². The molecule has 0 saturated carbocycles. The number of carbonyl (C=O) groups excluding carboxylic acids is 1. The lowest BCUT2D eigenvalue weighted by Gasteiger charge is -2.35. The van der Waals surface area contributed by atoms with Crippen LogP contribution in [0.25, 0.3) is 10.6 Å². The number of aromatic amines is 1. The zero-order valence-electron chi connectivity index (χ0n) is 16.8. The third kappa shape index (κ3) is 3.89. The van der Waals surface area contributed by atoms with Crippen molar-refractivity contribution in [3.63, 3.8) is 0 Å². The summed E-state index contributed by atoms with van der Waals surface area (Å²) >= 11 is 1.63. The number of anilines is 2. The number of nitrogens with one attached hydrogen (secondary N) is 1. The Labute approximate surface area is 179 Å². The zero-order valence-corrected chi connectivity index (χ0v) is 17.6. The van der Waals surface area contributed by atoms with E-state index < -0.39 is 0 Å². The zero-order chi connectivity index (χ0) is 20.3. The van der Waals surface area contributed by atoms with E-state index in [0.717, 1.165) is 48.4 Å². The standard InChI is InChI=1S/C21H25N7OS/c29-21(17-13-16(24-25-17)18-5-4-12-30-18)28-10-8-27(9-11-28)20-14-19(22-15-23-20)26-6-2-1-3-7-26/h4-5,12-15H,1-3,6-11H2,(H,24,25). The van der Waals surface area contributed by atoms with Crippen LogP contribution >= 0.6 is 11.3 Å². The van der Waals surface area contributed by atoms with Crippen LogP contribution in [0.2, 0.25) is 0 Å². The minimum Gasteiger partial charge on any atom is -0.356 e. The van der Waals surface area contributed by atoms with E-state index in [2.05, 4.69) is 36.0 Å². The predicted molar refractivity (Wildman–Crippen MR) is 118 cm³/mol. The number of rotatable bonds is 4. The Bertz CT molecular complexity index is 988. The van der Waals surface area contributed by atoms with Crippen molar-refractivity contribution in [2.75, 3.05) is 49.1 Å². The van der Waals surface area contributed by atoms with Crippen molar-refractivity contribution in [3.8, 4) is 10.6 Å². The second-order valence-corrected chi connectivity index (χ2v) is 8.65. The van der Waals surface area contributed by atoms with Crippen LogP contribution in [0.5, 0.6) is 0 Å². The normalized spacial score (nSPS) is 17.4. The summed E-state index contributed by atoms with van der Waals surface area (Å²) in [5, 5.41) is 9.23. The summed E-state index contributed by atoms with van der Waals surface area (Å²) in [4.78, 5) is 29.4. The number of hydrogen-bond donors (Lipinski definition) is 1. The molecule has 1 amide bonds. The molecular formula is C21H25N7OS. The van der Waals surface area contributed by atoms with Crippen molar-refractivity contribution in [2.24, 2.45) is 0 Å². The lowest BCUT2D eigenvalue weighted by atomic mass is 10.1. The Hall–Kier alpha value is -2.94. The first-order valence-corrected chi connectivity index (χ1v) is 11.4. The van der Waals surface area contributed by atoms with Crippen LogP contribution < -0.4 is 9.80 Å². The van der Waals surface area contributed by atoms with Crippen molar-refractivity contribution in [1.82, 2.24) is 25.1 Å². The fraction of sp³-hybridized carbons (Fsp3) is 0.429. The number of carbonyl (C=O) groups is 1. The number of thiophene rings is 1. The summed E-state index contributed by atoms with van der Waals surface area (Å²) in [6, 6.07) is 7.94. The van der Waals surface area contributed by atoms with Crippen LogP contribution in [0.15, 0.2) is 36.0 Å². The molecule has 5 heterocycles. The van der Waals surface area contributed by atoms with Gasteiger partial charge >= 0.3 is 0 Å². The maximum absolute atomic E-state index is 12.9. The minimum absolute atomic E-state index is 0.0228. The highest BCUT2D eigenvalue weighted by atomic mass is 32.1. The third-order valence-electron chi connectivity index (χ3n) is 5.79. The first-order chi connectivity index (χ1) is 14.8. The van der Waals surface area contributed by atoms with E-state index in [0.29, 0.717) is 18.8 Å². The van der Waals surface area contributed by atoms with Gasteiger partial charge in [0, 0.05) is 45.3 Å². The number of nitrogens with zero attached hydrogens (tertiary/aromatic N) is 6. The summed E-state index contributed by atoms with van der Waals surface area (Å²) in [5.41, 5.74) is 1.36. The topological polar surface area (TPSA) is 81.3 Å². The van der Waals surface area contributed by atoms with Gasteiger partial charge in [0.15, 0.2) is 5.69 Å². The lowest BCUT2D eigenvalue weighted by molar-refractivity contribution is 0.0740. The Balaban J connectivity index is 1.22. The average molecular weight is 424 g/mol. The highest BCUT2D eigenvalue weighted by Crippen LogP contribution is 2.24. The minimum atomic E-state index is -0.0228. The molecule has 0 bridgehead atoms. The Morgan fingerprint density at radius 2 is 1.67 bits per heavy atom. The molecule has 0 radical (unpaired) electrons. The number of aromatic nitrogens is 4. The fourth-order valence-electron chi connectivity index (χ4n) is 4.10. The van der Waals surface area contributed by atoms with E-state index in [1.807, 2.05) is 28.5 Å². The van der Waals surface area contributed by atoms with Crippen LogP contribution in [0.4, 0.5) is 11.6 Å². The molecule has 156 valence electrons. The molecule has 30 heavy (non-hydrogen) atoms. The Kier molecular flexibility index (Phi) is 5.35. The SMILES string of the molecule is O=C(c1cc(-c2cccs2)[nH]n1)N1CCN(c2cc(N3CCCCC3)ncn2)CC1. The van der Waals surface area contributed by atoms with E-state index in [9.17, 15) is 4.79 Å². The van der Waals surface area contributed by atoms with E-state index in [4.69, 9.17) is 0 Å². The van der Waals surface area contributed by atoms with Crippen molar-refractivity contribution in [3.05, 3.63) is 41.7 Å². The van der Waals surface area contributed by atoms with Gasteiger partial charge in [0.2, 0.25) is 0 Å². The molecule has 3 aromatic rings. The van der Waals surface area contributed by atoms with Gasteiger partial charge in [0.05, 0.1) is 10.6 Å². The molecule has 0 aliphatic carbocycles. The van der Waals surface area contributed by atoms with Crippen molar-refractivity contribution >= 4 is 28.9 Å². The van der Waals surface area contributed by atoms with E-state index in [-0.39, 0.29) is 5.91 Å². The number of piperidine rings is 1. The maximum atomic E-state index is 12.9. The molecule has 2 aliphatic rings. The van der Waals surface area contributed by atoms with Gasteiger partial charge in [-0.3, -0.25) is 9.89 Å². The van der Waals surface area contributed by atoms with Crippen LogP contribution in [-0.2, 0) is 0 Å². The van der Waals surface area contributed by atoms with Gasteiger partial charge in [0.1, 0.15) is 18.0 Å². The largest absolute Gasteiger partial charge is 0.356 e. The molecule has 8 nitrogen and oxygen atoms in total. The molecule has 0 atom stereocenters. The summed E-state index contributed by atoms with van der Waals surface area (Å²) in [6.07, 6.45) is 5.41. The quantitative estimate of drug-likeness (QED) is 0.695. The second-order valence-electron chi connectivity index (χ2n) is 7.71. The van der Waals surface area contributed by atoms with Crippen LogP contribution in [0, 0.1) is 0 Å². The first kappa shape index (κ1) is 19.0. The van der Waals surface area contributed by atoms with E-state index in [1.165, 1.54) is 19.3 Å². The van der Waals surface area contributed by atoms with E-state index in [1.54, 1.807) is 17.7 Å². The summed E-state index contributed by atoms with van der Waals surface area (Å²) in [7, 11) is 0. The van der Waals surface area contributed by atoms with Gasteiger partial charge < -0.3 is 14.7 Å². The maximum Gasteiger partial charge on any atom is 0.274 e.